The smallest absolute Gasteiger partial charge is 0.0683 e. The van der Waals surface area contributed by atoms with E-state index in [1.54, 1.807) is 0 Å². The zero-order valence-corrected chi connectivity index (χ0v) is 86.0. The van der Waals surface area contributed by atoms with Crippen molar-refractivity contribution in [3.05, 3.63) is 0 Å². The van der Waals surface area contributed by atoms with E-state index in [1.165, 1.54) is 0 Å². The van der Waals surface area contributed by atoms with Gasteiger partial charge in [0, 0.05) is 0 Å². The van der Waals surface area contributed by atoms with Crippen LogP contribution in [0.2, 0.25) is 0 Å². The topological polar surface area (TPSA) is 0 Å². The lowest BCUT2D eigenvalue weighted by Gasteiger charge is -1.07. The van der Waals surface area contributed by atoms with Gasteiger partial charge < -0.3 is 0 Å². The van der Waals surface area contributed by atoms with Crippen molar-refractivity contribution in [1.82, 2.24) is 0 Å². The summed E-state index contributed by atoms with van der Waals surface area (Å²) in [6, 6.07) is 0. The Bertz CT molecular complexity index is 0. The number of rotatable bonds is 0. The van der Waals surface area contributed by atoms with Gasteiger partial charge in [0.25, 0.3) is 0 Å². The van der Waals surface area contributed by atoms with Crippen molar-refractivity contribution >= 4 is 0 Å². The predicted molar refractivity (Wildman–Crippen MR) is 488 cm³/mol. The normalized spacial score (nSPS) is 3.00. The first-order chi connectivity index (χ1) is 43.0. The highest BCUT2D eigenvalue weighted by Crippen LogP contribution is 1.23. The third-order valence-corrected chi connectivity index (χ3v) is 0. The van der Waals surface area contributed by atoms with E-state index >= 15 is 0 Å². The minimum Gasteiger partial charge on any atom is -0.0683 e. The zero-order valence-electron chi connectivity index (χ0n) is 86.0. The highest BCUT2D eigenvalue weighted by atomic mass is 13.1. The summed E-state index contributed by atoms with van der Waals surface area (Å²) in [6.07, 6.45) is 0. The zero-order chi connectivity index (χ0) is 86.0. The van der Waals surface area contributed by atoms with Crippen molar-refractivity contribution in [2.75, 3.05) is 0 Å². The summed E-state index contributed by atoms with van der Waals surface area (Å²) < 4.78 is 0. The lowest BCUT2D eigenvalue weighted by Crippen LogP contribution is -0.856. The van der Waals surface area contributed by atoms with E-state index in [-0.39, 0.29) is 0 Å². The molecule has 0 atom stereocenters. The molecule has 0 N–H and O–H groups in total. The van der Waals surface area contributed by atoms with E-state index in [2.05, 4.69) is 0 Å². The van der Waals surface area contributed by atoms with Gasteiger partial charge in [0.05, 0.1) is 0 Å². The second-order valence-corrected chi connectivity index (χ2v) is 0. The molecule has 0 rings (SSSR count). The first kappa shape index (κ1) is 336. The molecular formula is C86H258. The Morgan fingerprint density at radius 1 is 0.0233 bits per heavy atom. The van der Waals surface area contributed by atoms with Gasteiger partial charge in [0.1, 0.15) is 0 Å². The van der Waals surface area contributed by atoms with Gasteiger partial charge in [0.2, 0.25) is 0 Å². The molecule has 0 fully saturated rings. The van der Waals surface area contributed by atoms with Gasteiger partial charge in [-0.25, -0.2) is 0 Å². The van der Waals surface area contributed by atoms with Gasteiger partial charge >= 0.3 is 0 Å². The molecule has 0 aliphatic rings. The Morgan fingerprint density at radius 3 is 0.0233 bits per heavy atom. The van der Waals surface area contributed by atoms with Crippen LogP contribution in [0.15, 0.2) is 0 Å². The SMILES string of the molecule is CC.CC.CC.CC.CC.CC.CC.CC.CC.CC.CC.CC.CC.CC.CC.CC.CC.CC.CC.CC.CC.CC.CC.CC.CC.CC.CC.CC.CC.CC.CC.CC.CC.CC.CC.CC.CC.CC.CC.CC.CC.CC.CC. The summed E-state index contributed by atoms with van der Waals surface area (Å²) in [6.45, 7) is 172. The van der Waals surface area contributed by atoms with Crippen LogP contribution in [-0.2, 0) is 0 Å². The summed E-state index contributed by atoms with van der Waals surface area (Å²) in [4.78, 5) is 0. The fourth-order valence-corrected chi connectivity index (χ4v) is 0. The molecule has 0 aromatic heterocycles. The summed E-state index contributed by atoms with van der Waals surface area (Å²) in [5, 5.41) is 0. The van der Waals surface area contributed by atoms with E-state index in [9.17, 15) is 0 Å². The average Bonchev–Trinajstić information content (AvgIpc) is 3.76. The first-order valence-corrected chi connectivity index (χ1v) is 43.0. The maximum atomic E-state index is 2.00. The van der Waals surface area contributed by atoms with Crippen molar-refractivity contribution in [2.45, 2.75) is 595 Å². The summed E-state index contributed by atoms with van der Waals surface area (Å²) in [5.41, 5.74) is 0. The monoisotopic (exact) mass is 1290 g/mol. The fourth-order valence-electron chi connectivity index (χ4n) is 0. The van der Waals surface area contributed by atoms with Gasteiger partial charge in [-0.2, -0.15) is 0 Å². The van der Waals surface area contributed by atoms with Crippen LogP contribution in [0.4, 0.5) is 0 Å². The maximum Gasteiger partial charge on any atom is -0.0683 e. The molecule has 0 heteroatoms. The van der Waals surface area contributed by atoms with E-state index in [0.29, 0.717) is 0 Å². The number of hydrogen-bond donors (Lipinski definition) is 0. The average molecular weight is 1290 g/mol. The Morgan fingerprint density at radius 2 is 0.0233 bits per heavy atom. The van der Waals surface area contributed by atoms with Gasteiger partial charge in [-0.15, -0.1) is 0 Å². The highest BCUT2D eigenvalue weighted by molar-refractivity contribution is 3.59. The molecule has 0 saturated heterocycles. The second-order valence-electron chi connectivity index (χ2n) is 0. The van der Waals surface area contributed by atoms with Gasteiger partial charge in [0.15, 0.2) is 0 Å². The van der Waals surface area contributed by atoms with Crippen LogP contribution in [-0.4, -0.2) is 0 Å². The predicted octanol–water partition coefficient (Wildman–Crippen LogP) is 44.1. The van der Waals surface area contributed by atoms with Crippen LogP contribution >= 0.6 is 0 Å². The molecule has 0 saturated carbocycles. The van der Waals surface area contributed by atoms with Crippen LogP contribution in [0.3, 0.4) is 0 Å². The standard InChI is InChI=1S/43C2H6/c43*1-2/h43*1-2H3. The Kier molecular flexibility index (Phi) is 0. The molecule has 0 radical (unpaired) electrons. The number of hydrogen-bond acceptors (Lipinski definition) is 0. The first-order valence-electron chi connectivity index (χ1n) is 43.0. The molecule has 0 heterocycles. The Labute approximate surface area is 592 Å². The minimum atomic E-state index is 2.00. The molecule has 0 unspecified atom stereocenters. The van der Waals surface area contributed by atoms with Crippen LogP contribution < -0.4 is 0 Å². The van der Waals surface area contributed by atoms with Crippen LogP contribution in [0.5, 0.6) is 0 Å². The molecule has 0 aromatic carbocycles. The Hall–Kier alpha value is 0. The highest BCUT2D eigenvalue weighted by Gasteiger charge is 1.02. The van der Waals surface area contributed by atoms with E-state index in [0.717, 1.165) is 0 Å². The van der Waals surface area contributed by atoms with E-state index in [1.807, 2.05) is 595 Å². The largest absolute Gasteiger partial charge is 0.0683 e. The van der Waals surface area contributed by atoms with Crippen LogP contribution in [0.1, 0.15) is 595 Å². The third-order valence-electron chi connectivity index (χ3n) is 0. The summed E-state index contributed by atoms with van der Waals surface area (Å²) in [5.74, 6) is 0. The second kappa shape index (κ2) is 0. The molecule has 86 heavy (non-hydrogen) atoms. The van der Waals surface area contributed by atoms with Crippen molar-refractivity contribution < 1.29 is 0 Å². The van der Waals surface area contributed by atoms with Crippen LogP contribution in [0.25, 0.3) is 0 Å². The van der Waals surface area contributed by atoms with Gasteiger partial charge in [-0.05, 0) is 0 Å². The summed E-state index contributed by atoms with van der Waals surface area (Å²) in [7, 11) is 0. The van der Waals surface area contributed by atoms with E-state index < -0.39 is 0 Å². The molecule has 0 bridgehead atoms. The van der Waals surface area contributed by atoms with Crippen molar-refractivity contribution in [3.8, 4) is 0 Å². The van der Waals surface area contributed by atoms with Gasteiger partial charge in [-0.3, -0.25) is 0 Å². The molecule has 0 nitrogen and oxygen atoms in total. The molecule has 602 valence electrons. The molecule has 0 amide bonds. The molecule has 0 spiro atoms. The maximum absolute atomic E-state index is 2.00. The third kappa shape index (κ3) is 0. The van der Waals surface area contributed by atoms with Crippen molar-refractivity contribution in [3.63, 3.8) is 0 Å². The van der Waals surface area contributed by atoms with Gasteiger partial charge in [-0.1, -0.05) is 595 Å². The lowest BCUT2D eigenvalue weighted by atomic mass is 11.0. The van der Waals surface area contributed by atoms with Crippen molar-refractivity contribution in [1.29, 1.82) is 0 Å². The molecular weight excluding hydrogens is 1030 g/mol. The lowest BCUT2D eigenvalue weighted by molar-refractivity contribution is 1.50. The Balaban J connectivity index is -0.00000000537. The molecule has 0 aliphatic carbocycles. The van der Waals surface area contributed by atoms with Crippen molar-refractivity contribution in [2.24, 2.45) is 0 Å². The minimum absolute atomic E-state index is 2.00. The van der Waals surface area contributed by atoms with Crippen LogP contribution in [0, 0.1) is 0 Å². The summed E-state index contributed by atoms with van der Waals surface area (Å²) >= 11 is 0. The molecule has 0 aromatic rings. The molecule has 0 aliphatic heterocycles. The fraction of sp³-hybridized carbons (Fsp3) is 1.00. The quantitative estimate of drug-likeness (QED) is 0.227. The van der Waals surface area contributed by atoms with E-state index in [4.69, 9.17) is 0 Å².